The molecule has 0 bridgehead atoms. The van der Waals surface area contributed by atoms with Gasteiger partial charge in [-0.15, -0.1) is 0 Å². The number of benzene rings is 1. The third-order valence-electron chi connectivity index (χ3n) is 2.22. The van der Waals surface area contributed by atoms with Gasteiger partial charge in [0.1, 0.15) is 17.7 Å². The normalized spacial score (nSPS) is 25.6. The van der Waals surface area contributed by atoms with Crippen LogP contribution in [0.4, 0.5) is 4.39 Å². The fourth-order valence-corrected chi connectivity index (χ4v) is 2.34. The first-order chi connectivity index (χ1) is 6.65. The molecule has 1 aliphatic rings. The van der Waals surface area contributed by atoms with Gasteiger partial charge >= 0.3 is 0 Å². The van der Waals surface area contributed by atoms with Gasteiger partial charge in [-0.2, -0.15) is 0 Å². The molecule has 1 aliphatic carbocycles. The first-order valence-corrected chi connectivity index (χ1v) is 5.70. The molecule has 0 unspecified atom stereocenters. The van der Waals surface area contributed by atoms with Gasteiger partial charge < -0.3 is 4.74 Å². The molecule has 0 aromatic heterocycles. The van der Waals surface area contributed by atoms with Crippen LogP contribution < -0.4 is 4.74 Å². The van der Waals surface area contributed by atoms with Gasteiger partial charge in [0.25, 0.3) is 0 Å². The summed E-state index contributed by atoms with van der Waals surface area (Å²) < 4.78 is 18.4. The first kappa shape index (κ1) is 10.2. The van der Waals surface area contributed by atoms with Gasteiger partial charge in [-0.25, -0.2) is 4.39 Å². The number of hydrogen-bond acceptors (Lipinski definition) is 1. The average Bonchev–Trinajstić information content (AvgIpc) is 2.09. The highest BCUT2D eigenvalue weighted by Gasteiger charge is 2.29. The van der Waals surface area contributed by atoms with Gasteiger partial charge in [0.15, 0.2) is 0 Å². The van der Waals surface area contributed by atoms with Crippen LogP contribution in [0.5, 0.6) is 5.75 Å². The summed E-state index contributed by atoms with van der Waals surface area (Å²) in [5.41, 5.74) is 0. The van der Waals surface area contributed by atoms with Gasteiger partial charge in [-0.05, 0) is 25.0 Å². The van der Waals surface area contributed by atoms with Crippen molar-refractivity contribution >= 4 is 27.5 Å². The van der Waals surface area contributed by atoms with Crippen LogP contribution in [-0.4, -0.2) is 10.9 Å². The van der Waals surface area contributed by atoms with E-state index >= 15 is 0 Å². The second-order valence-electron chi connectivity index (χ2n) is 3.38. The molecule has 1 nitrogen and oxygen atoms in total. The maximum atomic E-state index is 12.8. The number of halogens is 3. The van der Waals surface area contributed by atoms with Gasteiger partial charge in [0.05, 0.1) is 5.02 Å². The Bertz CT molecular complexity index is 339. The van der Waals surface area contributed by atoms with Crippen molar-refractivity contribution in [2.24, 2.45) is 0 Å². The number of rotatable bonds is 2. The monoisotopic (exact) mass is 278 g/mol. The molecule has 76 valence electrons. The molecule has 0 atom stereocenters. The summed E-state index contributed by atoms with van der Waals surface area (Å²) in [7, 11) is 0. The lowest BCUT2D eigenvalue weighted by molar-refractivity contribution is 0.128. The summed E-state index contributed by atoms with van der Waals surface area (Å²) in [6.07, 6.45) is 2.07. The molecule has 0 heterocycles. The second-order valence-corrected chi connectivity index (χ2v) is 5.09. The summed E-state index contributed by atoms with van der Waals surface area (Å²) in [6.45, 7) is 0. The molecule has 0 amide bonds. The summed E-state index contributed by atoms with van der Waals surface area (Å²) in [6, 6.07) is 4.16. The molecule has 14 heavy (non-hydrogen) atoms. The summed E-state index contributed by atoms with van der Waals surface area (Å²) in [5.74, 6) is 0.121. The number of hydrogen-bond donors (Lipinski definition) is 0. The molecule has 1 saturated carbocycles. The maximum absolute atomic E-state index is 12.8. The standard InChI is InChI=1S/C10H9BrClFO/c11-6-3-8(4-6)14-10-5-7(13)1-2-9(10)12/h1-2,5-6,8H,3-4H2. The zero-order valence-corrected chi connectivity index (χ0v) is 9.69. The Hall–Kier alpha value is -0.280. The highest BCUT2D eigenvalue weighted by Crippen LogP contribution is 2.34. The first-order valence-electron chi connectivity index (χ1n) is 4.41. The van der Waals surface area contributed by atoms with Crippen molar-refractivity contribution in [3.8, 4) is 5.75 Å². The molecule has 1 aromatic carbocycles. The van der Waals surface area contributed by atoms with Gasteiger partial charge in [-0.3, -0.25) is 0 Å². The quantitative estimate of drug-likeness (QED) is 0.749. The van der Waals surface area contributed by atoms with E-state index in [4.69, 9.17) is 16.3 Å². The van der Waals surface area contributed by atoms with E-state index in [1.807, 2.05) is 0 Å². The Morgan fingerprint density at radius 3 is 2.79 bits per heavy atom. The third-order valence-corrected chi connectivity index (χ3v) is 3.28. The smallest absolute Gasteiger partial charge is 0.141 e. The minimum Gasteiger partial charge on any atom is -0.489 e. The van der Waals surface area contributed by atoms with E-state index in [0.29, 0.717) is 15.6 Å². The summed E-state index contributed by atoms with van der Waals surface area (Å²) >= 11 is 9.31. The minimum atomic E-state index is -0.320. The predicted octanol–water partition coefficient (Wildman–Crippen LogP) is 3.78. The molecule has 2 rings (SSSR count). The van der Waals surface area contributed by atoms with Crippen molar-refractivity contribution in [2.45, 2.75) is 23.8 Å². The molecule has 4 heteroatoms. The van der Waals surface area contributed by atoms with Crippen molar-refractivity contribution in [1.29, 1.82) is 0 Å². The highest BCUT2D eigenvalue weighted by atomic mass is 79.9. The van der Waals surface area contributed by atoms with Crippen LogP contribution in [0.1, 0.15) is 12.8 Å². The van der Waals surface area contributed by atoms with Crippen LogP contribution in [0.15, 0.2) is 18.2 Å². The maximum Gasteiger partial charge on any atom is 0.141 e. The summed E-state index contributed by atoms with van der Waals surface area (Å²) in [4.78, 5) is 0.528. The Morgan fingerprint density at radius 2 is 2.14 bits per heavy atom. The largest absolute Gasteiger partial charge is 0.489 e. The van der Waals surface area contributed by atoms with Crippen molar-refractivity contribution in [3.05, 3.63) is 29.0 Å². The van der Waals surface area contributed by atoms with Crippen molar-refractivity contribution < 1.29 is 9.13 Å². The molecule has 0 saturated heterocycles. The molecule has 0 spiro atoms. The Labute approximate surface area is 95.3 Å². The van der Waals surface area contributed by atoms with E-state index in [1.54, 1.807) is 0 Å². The number of alkyl halides is 1. The highest BCUT2D eigenvalue weighted by molar-refractivity contribution is 9.09. The van der Waals surface area contributed by atoms with Crippen LogP contribution >= 0.6 is 27.5 Å². The lowest BCUT2D eigenvalue weighted by atomic mass is 9.96. The third kappa shape index (κ3) is 2.20. The van der Waals surface area contributed by atoms with E-state index in [0.717, 1.165) is 12.8 Å². The molecule has 0 radical (unpaired) electrons. The molecular formula is C10H9BrClFO. The van der Waals surface area contributed by atoms with E-state index in [-0.39, 0.29) is 11.9 Å². The lowest BCUT2D eigenvalue weighted by Gasteiger charge is -2.31. The van der Waals surface area contributed by atoms with Crippen LogP contribution in [0.2, 0.25) is 5.02 Å². The van der Waals surface area contributed by atoms with E-state index in [9.17, 15) is 4.39 Å². The zero-order chi connectivity index (χ0) is 10.1. The fourth-order valence-electron chi connectivity index (χ4n) is 1.34. The number of ether oxygens (including phenoxy) is 1. The van der Waals surface area contributed by atoms with Gasteiger partial charge in [0, 0.05) is 10.9 Å². The Morgan fingerprint density at radius 1 is 1.43 bits per heavy atom. The molecule has 0 aliphatic heterocycles. The lowest BCUT2D eigenvalue weighted by Crippen LogP contribution is -2.34. The molecular weight excluding hydrogens is 270 g/mol. The van der Waals surface area contributed by atoms with Crippen LogP contribution in [-0.2, 0) is 0 Å². The molecule has 1 fully saturated rings. The predicted molar refractivity (Wildman–Crippen MR) is 57.8 cm³/mol. The van der Waals surface area contributed by atoms with E-state index < -0.39 is 0 Å². The van der Waals surface area contributed by atoms with E-state index in [2.05, 4.69) is 15.9 Å². The Kier molecular flexibility index (Phi) is 2.98. The minimum absolute atomic E-state index is 0.165. The molecule has 1 aromatic rings. The van der Waals surface area contributed by atoms with Crippen molar-refractivity contribution in [2.75, 3.05) is 0 Å². The van der Waals surface area contributed by atoms with Gasteiger partial charge in [-0.1, -0.05) is 27.5 Å². The average molecular weight is 280 g/mol. The van der Waals surface area contributed by atoms with Crippen LogP contribution in [0.3, 0.4) is 0 Å². The van der Waals surface area contributed by atoms with E-state index in [1.165, 1.54) is 18.2 Å². The topological polar surface area (TPSA) is 9.23 Å². The van der Waals surface area contributed by atoms with Crippen LogP contribution in [0, 0.1) is 5.82 Å². The summed E-state index contributed by atoms with van der Waals surface area (Å²) in [5, 5.41) is 0.462. The van der Waals surface area contributed by atoms with Crippen LogP contribution in [0.25, 0.3) is 0 Å². The SMILES string of the molecule is Fc1ccc(Cl)c(OC2CC(Br)C2)c1. The Balaban J connectivity index is 2.05. The van der Waals surface area contributed by atoms with Gasteiger partial charge in [0.2, 0.25) is 0 Å². The molecule has 0 N–H and O–H groups in total. The zero-order valence-electron chi connectivity index (χ0n) is 7.34. The fraction of sp³-hybridized carbons (Fsp3) is 0.400. The van der Waals surface area contributed by atoms with Crippen molar-refractivity contribution in [3.63, 3.8) is 0 Å². The van der Waals surface area contributed by atoms with Crippen molar-refractivity contribution in [1.82, 2.24) is 0 Å². The second kappa shape index (κ2) is 4.07.